The summed E-state index contributed by atoms with van der Waals surface area (Å²) in [6, 6.07) is 5.70. The number of carbonyl (C=O) groups is 1. The van der Waals surface area contributed by atoms with Crippen LogP contribution in [0, 0.1) is 0 Å². The summed E-state index contributed by atoms with van der Waals surface area (Å²) >= 11 is 0. The van der Waals surface area contributed by atoms with Crippen molar-refractivity contribution in [2.24, 2.45) is 0 Å². The number of nitrogens with one attached hydrogen (secondary N) is 4. The fourth-order valence-corrected chi connectivity index (χ4v) is 3.94. The molecule has 0 saturated carbocycles. The Morgan fingerprint density at radius 1 is 1.30 bits per heavy atom. The van der Waals surface area contributed by atoms with Crippen LogP contribution in [0.4, 0.5) is 5.69 Å². The number of aromatic nitrogens is 4. The lowest BCUT2D eigenvalue weighted by Crippen LogP contribution is -2.16. The molecule has 4 N–H and O–H groups in total. The summed E-state index contributed by atoms with van der Waals surface area (Å²) in [4.78, 5) is 20.7. The van der Waals surface area contributed by atoms with E-state index in [4.69, 9.17) is 4.74 Å². The maximum Gasteiger partial charge on any atom is 0.259 e. The molecular weight excluding hydrogens is 344 g/mol. The Labute approximate surface area is 156 Å². The predicted octanol–water partition coefficient (Wildman–Crippen LogP) is 2.47. The normalized spacial score (nSPS) is 22.5. The van der Waals surface area contributed by atoms with Crippen molar-refractivity contribution in [1.29, 1.82) is 0 Å². The van der Waals surface area contributed by atoms with E-state index in [9.17, 15) is 4.79 Å². The van der Waals surface area contributed by atoms with E-state index in [0.29, 0.717) is 11.5 Å². The first-order chi connectivity index (χ1) is 13.3. The van der Waals surface area contributed by atoms with E-state index in [0.717, 1.165) is 67.2 Å². The van der Waals surface area contributed by atoms with Gasteiger partial charge in [-0.2, -0.15) is 5.10 Å². The highest BCUT2D eigenvalue weighted by Crippen LogP contribution is 2.29. The maximum absolute atomic E-state index is 12.8. The lowest BCUT2D eigenvalue weighted by Gasteiger charge is -2.09. The first-order valence-corrected chi connectivity index (χ1v) is 9.44. The van der Waals surface area contributed by atoms with Gasteiger partial charge < -0.3 is 20.4 Å². The van der Waals surface area contributed by atoms with Crippen molar-refractivity contribution >= 4 is 22.6 Å². The van der Waals surface area contributed by atoms with Gasteiger partial charge in [0.2, 0.25) is 0 Å². The summed E-state index contributed by atoms with van der Waals surface area (Å²) in [6.45, 7) is 2.62. The molecule has 0 aliphatic carbocycles. The average Bonchev–Trinajstić information content (AvgIpc) is 3.48. The molecule has 27 heavy (non-hydrogen) atoms. The second-order valence-corrected chi connectivity index (χ2v) is 7.20. The molecule has 5 rings (SSSR count). The summed E-state index contributed by atoms with van der Waals surface area (Å²) in [6.07, 6.45) is 4.71. The molecule has 8 nitrogen and oxygen atoms in total. The average molecular weight is 366 g/mol. The van der Waals surface area contributed by atoms with Gasteiger partial charge in [0.1, 0.15) is 11.9 Å². The van der Waals surface area contributed by atoms with E-state index in [-0.39, 0.29) is 12.0 Å². The first-order valence-electron chi connectivity index (χ1n) is 9.44. The Kier molecular flexibility index (Phi) is 4.14. The molecule has 2 aliphatic rings. The Morgan fingerprint density at radius 2 is 2.26 bits per heavy atom. The van der Waals surface area contributed by atoms with Crippen molar-refractivity contribution in [3.63, 3.8) is 0 Å². The molecule has 0 bridgehead atoms. The summed E-state index contributed by atoms with van der Waals surface area (Å²) in [7, 11) is 0. The third-order valence-corrected chi connectivity index (χ3v) is 5.37. The molecule has 3 aromatic rings. The fraction of sp³-hybridized carbons (Fsp3) is 0.421. The van der Waals surface area contributed by atoms with Gasteiger partial charge in [-0.3, -0.25) is 9.89 Å². The largest absolute Gasteiger partial charge is 0.370 e. The summed E-state index contributed by atoms with van der Waals surface area (Å²) in [5.74, 6) is 1.01. The van der Waals surface area contributed by atoms with Crippen molar-refractivity contribution in [2.75, 3.05) is 25.0 Å². The van der Waals surface area contributed by atoms with Crippen molar-refractivity contribution in [2.45, 2.75) is 31.3 Å². The molecule has 4 heterocycles. The number of benzene rings is 1. The number of ether oxygens (including phenoxy) is 1. The van der Waals surface area contributed by atoms with Crippen LogP contribution in [0.3, 0.4) is 0 Å². The van der Waals surface area contributed by atoms with E-state index in [1.807, 2.05) is 18.2 Å². The van der Waals surface area contributed by atoms with Gasteiger partial charge in [0.25, 0.3) is 5.91 Å². The fourth-order valence-electron chi connectivity index (χ4n) is 3.94. The first kappa shape index (κ1) is 16.5. The minimum absolute atomic E-state index is 0.0453. The Balaban J connectivity index is 1.36. The zero-order chi connectivity index (χ0) is 18.2. The third-order valence-electron chi connectivity index (χ3n) is 5.37. The molecule has 8 heteroatoms. The van der Waals surface area contributed by atoms with E-state index < -0.39 is 0 Å². The number of H-pyrrole nitrogens is 2. The van der Waals surface area contributed by atoms with Crippen LogP contribution in [0.5, 0.6) is 0 Å². The van der Waals surface area contributed by atoms with E-state index in [1.54, 1.807) is 6.20 Å². The Morgan fingerprint density at radius 3 is 3.07 bits per heavy atom. The summed E-state index contributed by atoms with van der Waals surface area (Å²) in [5.41, 5.74) is 4.01. The third kappa shape index (κ3) is 3.11. The molecule has 1 amide bonds. The highest BCUT2D eigenvalue weighted by atomic mass is 16.5. The van der Waals surface area contributed by atoms with Crippen LogP contribution in [0.1, 0.15) is 53.2 Å². The lowest BCUT2D eigenvalue weighted by molar-refractivity contribution is 0.102. The number of nitrogens with zero attached hydrogens (tertiary/aromatic N) is 2. The van der Waals surface area contributed by atoms with Crippen LogP contribution in [-0.2, 0) is 4.74 Å². The standard InChI is InChI=1S/C19H22N6O2/c26-19(13-10-21-25-17(13)11-5-6-20-9-11)22-12-3-4-14-15(8-12)24-18(23-14)16-2-1-7-27-16/h3-4,8,10-11,16,20H,1-2,5-7,9H2,(H,21,25)(H,22,26)(H,23,24). The molecular formula is C19H22N6O2. The van der Waals surface area contributed by atoms with Gasteiger partial charge in [-0.15, -0.1) is 0 Å². The van der Waals surface area contributed by atoms with Gasteiger partial charge in [0.15, 0.2) is 0 Å². The topological polar surface area (TPSA) is 108 Å². The zero-order valence-corrected chi connectivity index (χ0v) is 14.9. The van der Waals surface area contributed by atoms with Gasteiger partial charge in [-0.1, -0.05) is 0 Å². The minimum atomic E-state index is -0.149. The number of rotatable bonds is 4. The molecule has 2 atom stereocenters. The number of imidazole rings is 1. The van der Waals surface area contributed by atoms with E-state index in [2.05, 4.69) is 30.8 Å². The minimum Gasteiger partial charge on any atom is -0.370 e. The van der Waals surface area contributed by atoms with Gasteiger partial charge in [0.05, 0.1) is 28.5 Å². The van der Waals surface area contributed by atoms with Crippen molar-refractivity contribution in [1.82, 2.24) is 25.5 Å². The van der Waals surface area contributed by atoms with E-state index >= 15 is 0 Å². The number of aromatic amines is 2. The van der Waals surface area contributed by atoms with Gasteiger partial charge in [-0.05, 0) is 44.0 Å². The maximum atomic E-state index is 12.8. The van der Waals surface area contributed by atoms with E-state index in [1.165, 1.54) is 0 Å². The monoisotopic (exact) mass is 366 g/mol. The Bertz CT molecular complexity index is 966. The molecule has 2 unspecified atom stereocenters. The van der Waals surface area contributed by atoms with Gasteiger partial charge >= 0.3 is 0 Å². The van der Waals surface area contributed by atoms with Crippen LogP contribution in [0.2, 0.25) is 0 Å². The zero-order valence-electron chi connectivity index (χ0n) is 14.9. The van der Waals surface area contributed by atoms with Gasteiger partial charge in [0, 0.05) is 24.8 Å². The highest BCUT2D eigenvalue weighted by Gasteiger charge is 2.25. The molecule has 1 aromatic carbocycles. The lowest BCUT2D eigenvalue weighted by atomic mass is 10.0. The number of hydrogen-bond donors (Lipinski definition) is 4. The number of anilines is 1. The number of hydrogen-bond acceptors (Lipinski definition) is 5. The van der Waals surface area contributed by atoms with Crippen LogP contribution >= 0.6 is 0 Å². The molecule has 2 fully saturated rings. The second kappa shape index (κ2) is 6.79. The van der Waals surface area contributed by atoms with Crippen LogP contribution in [0.25, 0.3) is 11.0 Å². The molecule has 2 saturated heterocycles. The predicted molar refractivity (Wildman–Crippen MR) is 101 cm³/mol. The molecule has 2 aromatic heterocycles. The van der Waals surface area contributed by atoms with Gasteiger partial charge in [-0.25, -0.2) is 4.98 Å². The number of fused-ring (bicyclic) bond motifs is 1. The van der Waals surface area contributed by atoms with Crippen LogP contribution < -0.4 is 10.6 Å². The molecule has 0 spiro atoms. The molecule has 2 aliphatic heterocycles. The highest BCUT2D eigenvalue weighted by molar-refractivity contribution is 6.05. The molecule has 140 valence electrons. The van der Waals surface area contributed by atoms with Crippen molar-refractivity contribution < 1.29 is 9.53 Å². The quantitative estimate of drug-likeness (QED) is 0.567. The SMILES string of the molecule is O=C(Nc1ccc2nc(C3CCCO3)[nH]c2c1)c1cn[nH]c1C1CCNC1. The second-order valence-electron chi connectivity index (χ2n) is 7.20. The smallest absolute Gasteiger partial charge is 0.259 e. The van der Waals surface area contributed by atoms with Crippen LogP contribution in [0.15, 0.2) is 24.4 Å². The Hall–Kier alpha value is -2.71. The number of amides is 1. The van der Waals surface area contributed by atoms with Crippen molar-refractivity contribution in [3.8, 4) is 0 Å². The summed E-state index contributed by atoms with van der Waals surface area (Å²) < 4.78 is 5.70. The summed E-state index contributed by atoms with van der Waals surface area (Å²) in [5, 5.41) is 13.4. The molecule has 0 radical (unpaired) electrons. The number of carbonyl (C=O) groups excluding carboxylic acids is 1. The van der Waals surface area contributed by atoms with Crippen molar-refractivity contribution in [3.05, 3.63) is 41.5 Å². The van der Waals surface area contributed by atoms with Crippen LogP contribution in [-0.4, -0.2) is 45.8 Å².